The van der Waals surface area contributed by atoms with E-state index >= 15 is 0 Å². The highest BCUT2D eigenvalue weighted by Crippen LogP contribution is 2.35. The van der Waals surface area contributed by atoms with E-state index in [1.165, 1.54) is 5.56 Å². The molecule has 5 aromatic rings. The molecule has 30 heavy (non-hydrogen) atoms. The van der Waals surface area contributed by atoms with Crippen molar-refractivity contribution in [3.05, 3.63) is 122 Å². The van der Waals surface area contributed by atoms with Crippen LogP contribution in [0, 0.1) is 0 Å². The van der Waals surface area contributed by atoms with Crippen LogP contribution in [0.1, 0.15) is 0 Å². The highest BCUT2D eigenvalue weighted by Gasteiger charge is 2.15. The number of nitrogens with zero attached hydrogens (tertiary/aromatic N) is 4. The first-order chi connectivity index (χ1) is 14.9. The van der Waals surface area contributed by atoms with Crippen molar-refractivity contribution in [2.45, 2.75) is 0 Å². The Morgan fingerprint density at radius 2 is 1.30 bits per heavy atom. The second-order valence-corrected chi connectivity index (χ2v) is 6.89. The van der Waals surface area contributed by atoms with Gasteiger partial charge in [-0.3, -0.25) is 4.90 Å². The highest BCUT2D eigenvalue weighted by atomic mass is 15.3. The average Bonchev–Trinajstić information content (AvgIpc) is 3.36. The van der Waals surface area contributed by atoms with Crippen molar-refractivity contribution < 1.29 is 0 Å². The van der Waals surface area contributed by atoms with Crippen LogP contribution in [0.2, 0.25) is 0 Å². The Labute approximate surface area is 175 Å². The Balaban J connectivity index is 1.64. The summed E-state index contributed by atoms with van der Waals surface area (Å²) in [4.78, 5) is 7.06. The molecule has 0 bridgehead atoms. The molecule has 2 heterocycles. The third-order valence-corrected chi connectivity index (χ3v) is 4.91. The largest absolute Gasteiger partial charge is 0.295 e. The van der Waals surface area contributed by atoms with Gasteiger partial charge in [0.05, 0.1) is 0 Å². The van der Waals surface area contributed by atoms with E-state index in [0.29, 0.717) is 0 Å². The molecule has 0 aliphatic carbocycles. The van der Waals surface area contributed by atoms with E-state index in [2.05, 4.69) is 70.7 Å². The van der Waals surface area contributed by atoms with Crippen molar-refractivity contribution in [3.63, 3.8) is 0 Å². The fourth-order valence-corrected chi connectivity index (χ4v) is 3.51. The van der Waals surface area contributed by atoms with Crippen LogP contribution in [0.3, 0.4) is 0 Å². The summed E-state index contributed by atoms with van der Waals surface area (Å²) < 4.78 is 1.77. The molecule has 0 aliphatic heterocycles. The molecule has 4 heteroatoms. The van der Waals surface area contributed by atoms with Crippen molar-refractivity contribution in [1.29, 1.82) is 0 Å². The van der Waals surface area contributed by atoms with E-state index in [1.54, 1.807) is 10.9 Å². The number of anilines is 3. The van der Waals surface area contributed by atoms with Crippen LogP contribution < -0.4 is 4.90 Å². The first-order valence-electron chi connectivity index (χ1n) is 9.86. The van der Waals surface area contributed by atoms with Gasteiger partial charge in [-0.25, -0.2) is 9.67 Å². The number of para-hydroxylation sites is 1. The van der Waals surface area contributed by atoms with Gasteiger partial charge in [0.15, 0.2) is 5.82 Å². The van der Waals surface area contributed by atoms with Gasteiger partial charge < -0.3 is 0 Å². The highest BCUT2D eigenvalue weighted by molar-refractivity contribution is 5.78. The third kappa shape index (κ3) is 3.59. The molecule has 0 radical (unpaired) electrons. The minimum absolute atomic E-state index is 0.776. The predicted molar refractivity (Wildman–Crippen MR) is 121 cm³/mol. The Morgan fingerprint density at radius 1 is 0.600 bits per heavy atom. The minimum Gasteiger partial charge on any atom is -0.295 e. The van der Waals surface area contributed by atoms with Crippen LogP contribution >= 0.6 is 0 Å². The molecule has 0 aliphatic rings. The van der Waals surface area contributed by atoms with Crippen LogP contribution in [0.4, 0.5) is 17.2 Å². The monoisotopic (exact) mass is 388 g/mol. The number of hydrogen-bond donors (Lipinski definition) is 0. The lowest BCUT2D eigenvalue weighted by molar-refractivity contribution is 0.846. The second kappa shape index (κ2) is 8.05. The summed E-state index contributed by atoms with van der Waals surface area (Å²) >= 11 is 0. The van der Waals surface area contributed by atoms with Gasteiger partial charge in [0, 0.05) is 23.8 Å². The SMILES string of the molecule is c1ccc(-c2cccc(N(c3ccccc3)c3cccc(-n4cccn4)n3)c2)cc1. The molecule has 0 saturated heterocycles. The maximum Gasteiger partial charge on any atom is 0.155 e. The van der Waals surface area contributed by atoms with Crippen LogP contribution in [-0.2, 0) is 0 Å². The van der Waals surface area contributed by atoms with Gasteiger partial charge in [0.1, 0.15) is 5.82 Å². The molecular formula is C26H20N4. The summed E-state index contributed by atoms with van der Waals surface area (Å²) in [7, 11) is 0. The van der Waals surface area contributed by atoms with Gasteiger partial charge in [-0.1, -0.05) is 66.7 Å². The topological polar surface area (TPSA) is 34.0 Å². The Hall–Kier alpha value is -4.18. The molecule has 144 valence electrons. The third-order valence-electron chi connectivity index (χ3n) is 4.91. The number of aromatic nitrogens is 3. The summed E-state index contributed by atoms with van der Waals surface area (Å²) in [5, 5.41) is 4.32. The van der Waals surface area contributed by atoms with Crippen LogP contribution in [0.25, 0.3) is 16.9 Å². The Kier molecular flexibility index (Phi) is 4.80. The van der Waals surface area contributed by atoms with E-state index in [4.69, 9.17) is 4.98 Å². The number of hydrogen-bond acceptors (Lipinski definition) is 3. The Bertz CT molecular complexity index is 1230. The number of pyridine rings is 1. The van der Waals surface area contributed by atoms with E-state index in [0.717, 1.165) is 28.6 Å². The van der Waals surface area contributed by atoms with Crippen molar-refractivity contribution >= 4 is 17.2 Å². The van der Waals surface area contributed by atoms with Crippen LogP contribution in [-0.4, -0.2) is 14.8 Å². The van der Waals surface area contributed by atoms with E-state index in [-0.39, 0.29) is 0 Å². The first-order valence-corrected chi connectivity index (χ1v) is 9.86. The molecule has 4 nitrogen and oxygen atoms in total. The normalized spacial score (nSPS) is 10.7. The zero-order valence-electron chi connectivity index (χ0n) is 16.3. The van der Waals surface area contributed by atoms with Gasteiger partial charge in [-0.2, -0.15) is 5.10 Å². The van der Waals surface area contributed by atoms with Gasteiger partial charge in [0.2, 0.25) is 0 Å². The molecule has 0 saturated carbocycles. The van der Waals surface area contributed by atoms with E-state index in [1.807, 2.05) is 54.7 Å². The molecule has 0 unspecified atom stereocenters. The summed E-state index contributed by atoms with van der Waals surface area (Å²) in [5.74, 6) is 1.61. The fraction of sp³-hybridized carbons (Fsp3) is 0. The molecule has 5 rings (SSSR count). The molecule has 0 fully saturated rings. The molecular weight excluding hydrogens is 368 g/mol. The molecule has 0 spiro atoms. The summed E-state index contributed by atoms with van der Waals surface area (Å²) in [6.07, 6.45) is 3.65. The van der Waals surface area contributed by atoms with Gasteiger partial charge in [-0.15, -0.1) is 0 Å². The summed E-state index contributed by atoms with van der Waals surface area (Å²) in [6.45, 7) is 0. The maximum absolute atomic E-state index is 4.90. The van der Waals surface area contributed by atoms with Crippen LogP contribution in [0.15, 0.2) is 122 Å². The molecule has 0 atom stereocenters. The smallest absolute Gasteiger partial charge is 0.155 e. The quantitative estimate of drug-likeness (QED) is 0.349. The second-order valence-electron chi connectivity index (χ2n) is 6.89. The molecule has 0 amide bonds. The van der Waals surface area contributed by atoms with Crippen molar-refractivity contribution in [3.8, 4) is 16.9 Å². The molecule has 3 aromatic carbocycles. The van der Waals surface area contributed by atoms with Gasteiger partial charge >= 0.3 is 0 Å². The standard InChI is InChI=1S/C26H20N4/c1-3-10-21(11-4-1)22-12-7-15-24(20-22)30(23-13-5-2-6-14-23)26-17-8-16-25(28-26)29-19-9-18-27-29/h1-20H. The molecule has 2 aromatic heterocycles. The fourth-order valence-electron chi connectivity index (χ4n) is 3.51. The molecule has 0 N–H and O–H groups in total. The number of rotatable bonds is 5. The summed E-state index contributed by atoms with van der Waals surface area (Å²) in [6, 6.07) is 37.1. The summed E-state index contributed by atoms with van der Waals surface area (Å²) in [5.41, 5.74) is 4.45. The van der Waals surface area contributed by atoms with E-state index < -0.39 is 0 Å². The Morgan fingerprint density at radius 3 is 2.07 bits per heavy atom. The van der Waals surface area contributed by atoms with Gasteiger partial charge in [0.25, 0.3) is 0 Å². The van der Waals surface area contributed by atoms with Crippen molar-refractivity contribution in [2.75, 3.05) is 4.90 Å². The van der Waals surface area contributed by atoms with Crippen molar-refractivity contribution in [1.82, 2.24) is 14.8 Å². The van der Waals surface area contributed by atoms with Crippen molar-refractivity contribution in [2.24, 2.45) is 0 Å². The zero-order chi connectivity index (χ0) is 20.2. The first kappa shape index (κ1) is 17.9. The lowest BCUT2D eigenvalue weighted by Gasteiger charge is -2.25. The lowest BCUT2D eigenvalue weighted by Crippen LogP contribution is -2.12. The van der Waals surface area contributed by atoms with Gasteiger partial charge in [-0.05, 0) is 53.6 Å². The van der Waals surface area contributed by atoms with E-state index in [9.17, 15) is 0 Å². The van der Waals surface area contributed by atoms with Crippen LogP contribution in [0.5, 0.6) is 0 Å². The zero-order valence-corrected chi connectivity index (χ0v) is 16.3. The minimum atomic E-state index is 0.776. The predicted octanol–water partition coefficient (Wildman–Crippen LogP) is 6.40. The maximum atomic E-state index is 4.90. The average molecular weight is 388 g/mol. The number of benzene rings is 3. The lowest BCUT2D eigenvalue weighted by atomic mass is 10.0.